The number of rotatable bonds is 8. The van der Waals surface area contributed by atoms with Crippen LogP contribution >= 0.6 is 0 Å². The van der Waals surface area contributed by atoms with Crippen LogP contribution in [-0.4, -0.2) is 61.3 Å². The van der Waals surface area contributed by atoms with Crippen molar-refractivity contribution >= 4 is 11.9 Å². The third kappa shape index (κ3) is 6.56. The van der Waals surface area contributed by atoms with Gasteiger partial charge in [-0.3, -0.25) is 9.59 Å². The van der Waals surface area contributed by atoms with Gasteiger partial charge in [-0.2, -0.15) is 0 Å². The van der Waals surface area contributed by atoms with E-state index in [9.17, 15) is 9.59 Å². The molecule has 0 saturated carbocycles. The highest BCUT2D eigenvalue weighted by molar-refractivity contribution is 5.76. The van der Waals surface area contributed by atoms with Crippen LogP contribution < -0.4 is 5.32 Å². The van der Waals surface area contributed by atoms with Crippen molar-refractivity contribution in [3.05, 3.63) is 0 Å². The number of nitrogens with zero attached hydrogens (tertiary/aromatic N) is 1. The molecule has 0 radical (unpaired) electrons. The number of carbonyl (C=O) groups is 2. The fourth-order valence-corrected chi connectivity index (χ4v) is 1.82. The van der Waals surface area contributed by atoms with Gasteiger partial charge in [0.05, 0.1) is 13.2 Å². The van der Waals surface area contributed by atoms with Gasteiger partial charge in [-0.15, -0.1) is 0 Å². The van der Waals surface area contributed by atoms with Gasteiger partial charge in [-0.25, -0.2) is 0 Å². The van der Waals surface area contributed by atoms with Crippen LogP contribution in [0.1, 0.15) is 25.7 Å². The zero-order valence-corrected chi connectivity index (χ0v) is 10.7. The third-order valence-corrected chi connectivity index (χ3v) is 2.87. The summed E-state index contributed by atoms with van der Waals surface area (Å²) in [5.74, 6) is -0.589. The number of nitrogens with one attached hydrogen (secondary N) is 1. The molecule has 0 unspecified atom stereocenters. The van der Waals surface area contributed by atoms with Crippen molar-refractivity contribution in [3.8, 4) is 0 Å². The Morgan fingerprint density at radius 1 is 1.11 bits per heavy atom. The smallest absolute Gasteiger partial charge is 0.303 e. The van der Waals surface area contributed by atoms with Gasteiger partial charge in [-0.1, -0.05) is 0 Å². The van der Waals surface area contributed by atoms with E-state index < -0.39 is 5.97 Å². The number of aliphatic carboxylic acids is 1. The molecule has 18 heavy (non-hydrogen) atoms. The van der Waals surface area contributed by atoms with Crippen molar-refractivity contribution in [2.45, 2.75) is 25.7 Å². The maximum Gasteiger partial charge on any atom is 0.303 e. The highest BCUT2D eigenvalue weighted by Gasteiger charge is 2.15. The minimum atomic E-state index is -0.752. The molecule has 2 N–H and O–H groups in total. The summed E-state index contributed by atoms with van der Waals surface area (Å²) in [5.41, 5.74) is 0. The molecule has 0 aromatic heterocycles. The van der Waals surface area contributed by atoms with Crippen LogP contribution in [0.25, 0.3) is 0 Å². The molecule has 1 heterocycles. The predicted molar refractivity (Wildman–Crippen MR) is 66.4 cm³/mol. The molecule has 6 heteroatoms. The summed E-state index contributed by atoms with van der Waals surface area (Å²) < 4.78 is 5.18. The fourth-order valence-electron chi connectivity index (χ4n) is 1.82. The van der Waals surface area contributed by atoms with Gasteiger partial charge in [0.15, 0.2) is 0 Å². The first-order chi connectivity index (χ1) is 8.70. The molecule has 0 aliphatic carbocycles. The van der Waals surface area contributed by atoms with Crippen LogP contribution in [0.15, 0.2) is 0 Å². The lowest BCUT2D eigenvalue weighted by atomic mass is 10.2. The van der Waals surface area contributed by atoms with Crippen molar-refractivity contribution in [3.63, 3.8) is 0 Å². The molecule has 6 nitrogen and oxygen atoms in total. The number of unbranched alkanes of at least 4 members (excludes halogenated alkanes) is 1. The Morgan fingerprint density at radius 3 is 2.50 bits per heavy atom. The Hall–Kier alpha value is -1.14. The van der Waals surface area contributed by atoms with Crippen molar-refractivity contribution < 1.29 is 19.4 Å². The number of carboxylic acid groups (broad SMARTS) is 1. The van der Waals surface area contributed by atoms with Crippen molar-refractivity contribution in [2.75, 3.05) is 39.4 Å². The molecule has 1 saturated heterocycles. The van der Waals surface area contributed by atoms with Crippen LogP contribution in [0.4, 0.5) is 0 Å². The van der Waals surface area contributed by atoms with E-state index in [0.717, 1.165) is 13.0 Å². The van der Waals surface area contributed by atoms with Crippen molar-refractivity contribution in [1.82, 2.24) is 10.2 Å². The molecule has 1 amide bonds. The molecule has 1 aliphatic rings. The Kier molecular flexibility index (Phi) is 7.36. The largest absolute Gasteiger partial charge is 0.481 e. The zero-order valence-electron chi connectivity index (χ0n) is 10.7. The van der Waals surface area contributed by atoms with Gasteiger partial charge in [0, 0.05) is 32.5 Å². The molecule has 0 atom stereocenters. The van der Waals surface area contributed by atoms with Gasteiger partial charge in [-0.05, 0) is 19.4 Å². The first-order valence-electron chi connectivity index (χ1n) is 6.48. The maximum absolute atomic E-state index is 11.7. The molecule has 1 fully saturated rings. The summed E-state index contributed by atoms with van der Waals surface area (Å²) in [5, 5.41) is 11.6. The standard InChI is InChI=1S/C12H22N2O4/c15-11(14-7-9-18-10-8-14)4-6-13-5-2-1-3-12(16)17/h13H,1-10H2,(H,16,17). The SMILES string of the molecule is O=C(O)CCCCNCCC(=O)N1CCOCC1. The first-order valence-corrected chi connectivity index (χ1v) is 6.48. The predicted octanol–water partition coefficient (Wildman–Crippen LogP) is 0.0798. The molecule has 1 rings (SSSR count). The summed E-state index contributed by atoms with van der Waals surface area (Å²) in [6.45, 7) is 4.07. The van der Waals surface area contributed by atoms with Crippen LogP contribution in [-0.2, 0) is 14.3 Å². The number of amides is 1. The number of hydrogen-bond donors (Lipinski definition) is 2. The molecule has 104 valence electrons. The topological polar surface area (TPSA) is 78.9 Å². The second-order valence-electron chi connectivity index (χ2n) is 4.34. The van der Waals surface area contributed by atoms with Crippen LogP contribution in [0.2, 0.25) is 0 Å². The number of ether oxygens (including phenoxy) is 1. The van der Waals surface area contributed by atoms with Gasteiger partial charge in [0.1, 0.15) is 0 Å². The second-order valence-corrected chi connectivity index (χ2v) is 4.34. The number of hydrogen-bond acceptors (Lipinski definition) is 4. The summed E-state index contributed by atoms with van der Waals surface area (Å²) in [6.07, 6.45) is 2.23. The first kappa shape index (κ1) is 14.9. The normalized spacial score (nSPS) is 15.7. The average molecular weight is 258 g/mol. The van der Waals surface area contributed by atoms with Gasteiger partial charge in [0.25, 0.3) is 0 Å². The minimum Gasteiger partial charge on any atom is -0.481 e. The maximum atomic E-state index is 11.7. The van der Waals surface area contributed by atoms with Gasteiger partial charge >= 0.3 is 5.97 Å². The highest BCUT2D eigenvalue weighted by atomic mass is 16.5. The lowest BCUT2D eigenvalue weighted by Crippen LogP contribution is -2.41. The van der Waals surface area contributed by atoms with Crippen molar-refractivity contribution in [2.24, 2.45) is 0 Å². The van der Waals surface area contributed by atoms with Crippen LogP contribution in [0, 0.1) is 0 Å². The van der Waals surface area contributed by atoms with Crippen LogP contribution in [0.5, 0.6) is 0 Å². The molecule has 0 spiro atoms. The van der Waals surface area contributed by atoms with E-state index in [-0.39, 0.29) is 12.3 Å². The molecular formula is C12H22N2O4. The van der Waals surface area contributed by atoms with E-state index in [2.05, 4.69) is 5.32 Å². The highest BCUT2D eigenvalue weighted by Crippen LogP contribution is 1.99. The summed E-state index contributed by atoms with van der Waals surface area (Å²) in [6, 6.07) is 0. The van der Waals surface area contributed by atoms with Gasteiger partial charge < -0.3 is 20.1 Å². The molecule has 0 aromatic carbocycles. The molecule has 0 bridgehead atoms. The second kappa shape index (κ2) is 8.88. The van der Waals surface area contributed by atoms with E-state index in [1.807, 2.05) is 4.90 Å². The number of carboxylic acids is 1. The third-order valence-electron chi connectivity index (χ3n) is 2.87. The Bertz CT molecular complexity index is 265. The molecule has 1 aliphatic heterocycles. The number of morpholine rings is 1. The summed E-state index contributed by atoms with van der Waals surface area (Å²) >= 11 is 0. The number of carbonyl (C=O) groups excluding carboxylic acids is 1. The molecular weight excluding hydrogens is 236 g/mol. The summed E-state index contributed by atoms with van der Waals surface area (Å²) in [4.78, 5) is 23.8. The van der Waals surface area contributed by atoms with E-state index in [1.165, 1.54) is 0 Å². The Morgan fingerprint density at radius 2 is 1.83 bits per heavy atom. The van der Waals surface area contributed by atoms with Crippen molar-refractivity contribution in [1.29, 1.82) is 0 Å². The lowest BCUT2D eigenvalue weighted by molar-refractivity contribution is -0.137. The lowest BCUT2D eigenvalue weighted by Gasteiger charge is -2.26. The monoisotopic (exact) mass is 258 g/mol. The average Bonchev–Trinajstić information content (AvgIpc) is 2.38. The fraction of sp³-hybridized carbons (Fsp3) is 0.833. The van der Waals surface area contributed by atoms with Crippen LogP contribution in [0.3, 0.4) is 0 Å². The minimum absolute atomic E-state index is 0.163. The molecule has 0 aromatic rings. The van der Waals surface area contributed by atoms with E-state index in [1.54, 1.807) is 0 Å². The van der Waals surface area contributed by atoms with E-state index >= 15 is 0 Å². The Labute approximate surface area is 107 Å². The van der Waals surface area contributed by atoms with E-state index in [0.29, 0.717) is 45.7 Å². The van der Waals surface area contributed by atoms with E-state index in [4.69, 9.17) is 9.84 Å². The zero-order chi connectivity index (χ0) is 13.2. The summed E-state index contributed by atoms with van der Waals surface area (Å²) in [7, 11) is 0. The van der Waals surface area contributed by atoms with Gasteiger partial charge in [0.2, 0.25) is 5.91 Å². The Balaban J connectivity index is 1.93. The quantitative estimate of drug-likeness (QED) is 0.603.